The van der Waals surface area contributed by atoms with E-state index in [0.29, 0.717) is 0 Å². The SMILES string of the molecule is CCC(C)(C(N)CCCOC)N1CCCC1. The Morgan fingerprint density at radius 1 is 1.38 bits per heavy atom. The largest absolute Gasteiger partial charge is 0.385 e. The van der Waals surface area contributed by atoms with E-state index in [2.05, 4.69) is 18.7 Å². The van der Waals surface area contributed by atoms with Crippen molar-refractivity contribution in [2.24, 2.45) is 5.73 Å². The lowest BCUT2D eigenvalue weighted by molar-refractivity contribution is 0.0906. The Balaban J connectivity index is 2.48. The van der Waals surface area contributed by atoms with Crippen molar-refractivity contribution in [3.63, 3.8) is 0 Å². The number of hydrogen-bond donors (Lipinski definition) is 1. The number of hydrogen-bond acceptors (Lipinski definition) is 3. The summed E-state index contributed by atoms with van der Waals surface area (Å²) in [5.74, 6) is 0. The van der Waals surface area contributed by atoms with Crippen LogP contribution in [0.3, 0.4) is 0 Å². The van der Waals surface area contributed by atoms with Gasteiger partial charge < -0.3 is 10.5 Å². The first-order chi connectivity index (χ1) is 7.65. The summed E-state index contributed by atoms with van der Waals surface area (Å²) in [5, 5.41) is 0. The van der Waals surface area contributed by atoms with Gasteiger partial charge in [0, 0.05) is 25.3 Å². The van der Waals surface area contributed by atoms with Crippen LogP contribution in [0.4, 0.5) is 0 Å². The van der Waals surface area contributed by atoms with Crippen molar-refractivity contribution in [3.8, 4) is 0 Å². The van der Waals surface area contributed by atoms with E-state index in [1.807, 2.05) is 0 Å². The average Bonchev–Trinajstić information content (AvgIpc) is 2.82. The minimum atomic E-state index is 0.185. The zero-order valence-electron chi connectivity index (χ0n) is 11.2. The zero-order chi connectivity index (χ0) is 12.0. The fourth-order valence-electron chi connectivity index (χ4n) is 2.71. The number of methoxy groups -OCH3 is 1. The molecule has 0 aliphatic carbocycles. The summed E-state index contributed by atoms with van der Waals surface area (Å²) in [6.07, 6.45) is 5.94. The highest BCUT2D eigenvalue weighted by atomic mass is 16.5. The van der Waals surface area contributed by atoms with Crippen molar-refractivity contribution in [2.75, 3.05) is 26.8 Å². The number of rotatable bonds is 7. The summed E-state index contributed by atoms with van der Waals surface area (Å²) in [6.45, 7) is 7.86. The molecule has 1 saturated heterocycles. The lowest BCUT2D eigenvalue weighted by Gasteiger charge is -2.43. The van der Waals surface area contributed by atoms with Gasteiger partial charge in [-0.15, -0.1) is 0 Å². The topological polar surface area (TPSA) is 38.5 Å². The Morgan fingerprint density at radius 3 is 2.50 bits per heavy atom. The smallest absolute Gasteiger partial charge is 0.0462 e. The Morgan fingerprint density at radius 2 is 2.00 bits per heavy atom. The zero-order valence-corrected chi connectivity index (χ0v) is 11.2. The molecule has 2 unspecified atom stereocenters. The fourth-order valence-corrected chi connectivity index (χ4v) is 2.71. The standard InChI is InChI=1S/C13H28N2O/c1-4-13(2,15-9-5-6-10-15)12(14)8-7-11-16-3/h12H,4-11,14H2,1-3H3. The van der Waals surface area contributed by atoms with Crippen molar-refractivity contribution in [1.82, 2.24) is 4.90 Å². The lowest BCUT2D eigenvalue weighted by Crippen LogP contribution is -2.56. The molecule has 16 heavy (non-hydrogen) atoms. The molecule has 1 rings (SSSR count). The van der Waals surface area contributed by atoms with Gasteiger partial charge in [-0.3, -0.25) is 4.90 Å². The van der Waals surface area contributed by atoms with Crippen LogP contribution < -0.4 is 5.73 Å². The van der Waals surface area contributed by atoms with Gasteiger partial charge in [0.2, 0.25) is 0 Å². The lowest BCUT2D eigenvalue weighted by atomic mass is 9.85. The second-order valence-corrected chi connectivity index (χ2v) is 5.15. The number of nitrogens with zero attached hydrogens (tertiary/aromatic N) is 1. The Labute approximate surface area is 100 Å². The molecule has 1 heterocycles. The van der Waals surface area contributed by atoms with E-state index in [9.17, 15) is 0 Å². The summed E-state index contributed by atoms with van der Waals surface area (Å²) in [4.78, 5) is 2.59. The second kappa shape index (κ2) is 6.58. The van der Waals surface area contributed by atoms with Crippen molar-refractivity contribution in [3.05, 3.63) is 0 Å². The summed E-state index contributed by atoms with van der Waals surface area (Å²) >= 11 is 0. The summed E-state index contributed by atoms with van der Waals surface area (Å²) in [6, 6.07) is 0.269. The molecule has 0 radical (unpaired) electrons. The molecule has 1 fully saturated rings. The molecular weight excluding hydrogens is 200 g/mol. The van der Waals surface area contributed by atoms with Gasteiger partial charge in [0.1, 0.15) is 0 Å². The van der Waals surface area contributed by atoms with Crippen molar-refractivity contribution in [2.45, 2.75) is 57.5 Å². The molecule has 0 aromatic heterocycles. The predicted octanol–water partition coefficient (Wildman–Crippen LogP) is 2.00. The molecule has 1 aliphatic heterocycles. The van der Waals surface area contributed by atoms with Crippen LogP contribution in [-0.4, -0.2) is 43.3 Å². The minimum absolute atomic E-state index is 0.185. The summed E-state index contributed by atoms with van der Waals surface area (Å²) in [5.41, 5.74) is 6.57. The van der Waals surface area contributed by atoms with E-state index < -0.39 is 0 Å². The van der Waals surface area contributed by atoms with Crippen molar-refractivity contribution >= 4 is 0 Å². The quantitative estimate of drug-likeness (QED) is 0.677. The number of likely N-dealkylation sites (tertiary alicyclic amines) is 1. The van der Waals surface area contributed by atoms with E-state index in [1.54, 1.807) is 7.11 Å². The highest BCUT2D eigenvalue weighted by Gasteiger charge is 2.36. The summed E-state index contributed by atoms with van der Waals surface area (Å²) in [7, 11) is 1.75. The maximum absolute atomic E-state index is 6.39. The molecule has 2 atom stereocenters. The Hall–Kier alpha value is -0.120. The molecule has 0 aromatic rings. The third-order valence-corrected chi connectivity index (χ3v) is 4.21. The van der Waals surface area contributed by atoms with E-state index in [4.69, 9.17) is 10.5 Å². The first-order valence-electron chi connectivity index (χ1n) is 6.64. The summed E-state index contributed by atoms with van der Waals surface area (Å²) < 4.78 is 5.09. The molecule has 2 N–H and O–H groups in total. The Kier molecular flexibility index (Phi) is 5.73. The van der Waals surface area contributed by atoms with Gasteiger partial charge >= 0.3 is 0 Å². The maximum atomic E-state index is 6.39. The third-order valence-electron chi connectivity index (χ3n) is 4.21. The van der Waals surface area contributed by atoms with Crippen LogP contribution >= 0.6 is 0 Å². The van der Waals surface area contributed by atoms with Gasteiger partial charge in [-0.1, -0.05) is 6.92 Å². The molecule has 0 spiro atoms. The molecule has 96 valence electrons. The van der Waals surface area contributed by atoms with Gasteiger partial charge in [0.05, 0.1) is 0 Å². The van der Waals surface area contributed by atoms with Crippen LogP contribution in [0.2, 0.25) is 0 Å². The second-order valence-electron chi connectivity index (χ2n) is 5.15. The first kappa shape index (κ1) is 13.9. The monoisotopic (exact) mass is 228 g/mol. The van der Waals surface area contributed by atoms with Gasteiger partial charge in [-0.25, -0.2) is 0 Å². The predicted molar refractivity (Wildman–Crippen MR) is 68.6 cm³/mol. The van der Waals surface area contributed by atoms with E-state index >= 15 is 0 Å². The molecule has 0 saturated carbocycles. The molecule has 3 heteroatoms. The van der Waals surface area contributed by atoms with Gasteiger partial charge in [0.25, 0.3) is 0 Å². The Bertz CT molecular complexity index is 192. The molecule has 0 bridgehead atoms. The van der Waals surface area contributed by atoms with Gasteiger partial charge in [-0.2, -0.15) is 0 Å². The van der Waals surface area contributed by atoms with Crippen molar-refractivity contribution < 1.29 is 4.74 Å². The van der Waals surface area contributed by atoms with Crippen LogP contribution in [0.25, 0.3) is 0 Å². The van der Waals surface area contributed by atoms with Crippen LogP contribution in [0.5, 0.6) is 0 Å². The number of ether oxygens (including phenoxy) is 1. The van der Waals surface area contributed by atoms with E-state index in [0.717, 1.165) is 25.9 Å². The molecule has 1 aliphatic rings. The fraction of sp³-hybridized carbons (Fsp3) is 1.00. The highest BCUT2D eigenvalue weighted by Crippen LogP contribution is 2.28. The normalized spacial score (nSPS) is 23.2. The van der Waals surface area contributed by atoms with Gasteiger partial charge in [-0.05, 0) is 52.1 Å². The molecule has 0 amide bonds. The molecule has 0 aromatic carbocycles. The minimum Gasteiger partial charge on any atom is -0.385 e. The highest BCUT2D eigenvalue weighted by molar-refractivity contribution is 4.96. The molecule has 3 nitrogen and oxygen atoms in total. The van der Waals surface area contributed by atoms with Crippen LogP contribution in [0.1, 0.15) is 46.0 Å². The van der Waals surface area contributed by atoms with Crippen LogP contribution in [-0.2, 0) is 4.74 Å². The van der Waals surface area contributed by atoms with Gasteiger partial charge in [0.15, 0.2) is 0 Å². The molecular formula is C13H28N2O. The van der Waals surface area contributed by atoms with Crippen molar-refractivity contribution in [1.29, 1.82) is 0 Å². The average molecular weight is 228 g/mol. The third kappa shape index (κ3) is 3.19. The van der Waals surface area contributed by atoms with Crippen LogP contribution in [0, 0.1) is 0 Å². The maximum Gasteiger partial charge on any atom is 0.0462 e. The van der Waals surface area contributed by atoms with E-state index in [-0.39, 0.29) is 11.6 Å². The van der Waals surface area contributed by atoms with E-state index in [1.165, 1.54) is 25.9 Å². The van der Waals surface area contributed by atoms with Crippen LogP contribution in [0.15, 0.2) is 0 Å². The number of nitrogens with two attached hydrogens (primary N) is 1. The first-order valence-corrected chi connectivity index (χ1v) is 6.64.